The standard InChI is InChI=1S/C10H24N4O/c1-7(2)9(4)13-10(14-11)12-8(3)6-15-5/h7-9H,6,11H2,1-5H3,(H2,12,13,14). The molecule has 5 heteroatoms. The number of hydrogen-bond acceptors (Lipinski definition) is 3. The molecule has 0 aromatic carbocycles. The topological polar surface area (TPSA) is 71.7 Å². The van der Waals surface area contributed by atoms with Crippen LogP contribution in [0.5, 0.6) is 0 Å². The molecule has 0 aromatic heterocycles. The van der Waals surface area contributed by atoms with Crippen molar-refractivity contribution in [2.45, 2.75) is 39.8 Å². The maximum Gasteiger partial charge on any atom is 0.206 e. The third-order valence-electron chi connectivity index (χ3n) is 2.23. The number of guanidine groups is 1. The molecule has 0 saturated carbocycles. The Morgan fingerprint density at radius 3 is 2.33 bits per heavy atom. The van der Waals surface area contributed by atoms with E-state index in [4.69, 9.17) is 10.6 Å². The van der Waals surface area contributed by atoms with Crippen LogP contribution in [0, 0.1) is 5.92 Å². The molecule has 0 spiro atoms. The van der Waals surface area contributed by atoms with Crippen molar-refractivity contribution in [3.05, 3.63) is 0 Å². The van der Waals surface area contributed by atoms with Crippen molar-refractivity contribution in [1.29, 1.82) is 0 Å². The molecule has 0 rings (SSSR count). The minimum atomic E-state index is 0.184. The lowest BCUT2D eigenvalue weighted by molar-refractivity contribution is 0.179. The number of ether oxygens (including phenoxy) is 1. The molecule has 0 aliphatic carbocycles. The van der Waals surface area contributed by atoms with Gasteiger partial charge in [0.05, 0.1) is 12.6 Å². The summed E-state index contributed by atoms with van der Waals surface area (Å²) in [4.78, 5) is 4.43. The normalized spacial score (nSPS) is 16.3. The summed E-state index contributed by atoms with van der Waals surface area (Å²) in [6.45, 7) is 8.94. The first-order valence-corrected chi connectivity index (χ1v) is 5.31. The Kier molecular flexibility index (Phi) is 7.07. The largest absolute Gasteiger partial charge is 0.383 e. The van der Waals surface area contributed by atoms with E-state index in [-0.39, 0.29) is 12.1 Å². The van der Waals surface area contributed by atoms with E-state index in [1.54, 1.807) is 7.11 Å². The number of methoxy groups -OCH3 is 1. The van der Waals surface area contributed by atoms with E-state index in [1.165, 1.54) is 0 Å². The van der Waals surface area contributed by atoms with E-state index in [0.717, 1.165) is 0 Å². The fraction of sp³-hybridized carbons (Fsp3) is 0.900. The van der Waals surface area contributed by atoms with Crippen LogP contribution in [-0.2, 0) is 4.74 Å². The maximum atomic E-state index is 5.38. The average Bonchev–Trinajstić information content (AvgIpc) is 2.16. The Morgan fingerprint density at radius 1 is 1.33 bits per heavy atom. The Hall–Kier alpha value is -0.810. The summed E-state index contributed by atoms with van der Waals surface area (Å²) in [7, 11) is 1.67. The highest BCUT2D eigenvalue weighted by atomic mass is 16.5. The molecule has 90 valence electrons. The molecule has 0 heterocycles. The molecule has 4 N–H and O–H groups in total. The number of hydrogen-bond donors (Lipinski definition) is 3. The van der Waals surface area contributed by atoms with Crippen LogP contribution >= 0.6 is 0 Å². The van der Waals surface area contributed by atoms with Crippen LogP contribution in [0.4, 0.5) is 0 Å². The van der Waals surface area contributed by atoms with Gasteiger partial charge in [0.25, 0.3) is 0 Å². The third kappa shape index (κ3) is 6.30. The van der Waals surface area contributed by atoms with Gasteiger partial charge in [0, 0.05) is 13.2 Å². The summed E-state index contributed by atoms with van der Waals surface area (Å²) in [6, 6.07) is 0.419. The van der Waals surface area contributed by atoms with Crippen molar-refractivity contribution in [3.63, 3.8) is 0 Å². The van der Waals surface area contributed by atoms with E-state index in [1.807, 2.05) is 6.92 Å². The summed E-state index contributed by atoms with van der Waals surface area (Å²) in [5, 5.41) is 3.14. The number of hydrazine groups is 1. The second kappa shape index (κ2) is 7.48. The Morgan fingerprint density at radius 2 is 1.93 bits per heavy atom. The van der Waals surface area contributed by atoms with Gasteiger partial charge in [-0.05, 0) is 19.8 Å². The zero-order chi connectivity index (χ0) is 11.8. The fourth-order valence-corrected chi connectivity index (χ4v) is 0.994. The lowest BCUT2D eigenvalue weighted by Gasteiger charge is -2.18. The van der Waals surface area contributed by atoms with Gasteiger partial charge in [-0.3, -0.25) is 5.43 Å². The van der Waals surface area contributed by atoms with Gasteiger partial charge in [0.2, 0.25) is 5.96 Å². The Labute approximate surface area is 92.4 Å². The van der Waals surface area contributed by atoms with E-state index < -0.39 is 0 Å². The molecule has 2 atom stereocenters. The van der Waals surface area contributed by atoms with Gasteiger partial charge in [-0.15, -0.1) is 0 Å². The molecular formula is C10H24N4O. The third-order valence-corrected chi connectivity index (χ3v) is 2.23. The van der Waals surface area contributed by atoms with Gasteiger partial charge in [0.1, 0.15) is 0 Å². The summed E-state index contributed by atoms with van der Waals surface area (Å²) < 4.78 is 5.02. The molecule has 0 aliphatic rings. The summed E-state index contributed by atoms with van der Waals surface area (Å²) >= 11 is 0. The predicted octanol–water partition coefficient (Wildman–Crippen LogP) is 0.475. The van der Waals surface area contributed by atoms with Gasteiger partial charge in [-0.25, -0.2) is 10.8 Å². The van der Waals surface area contributed by atoms with Crippen molar-refractivity contribution in [2.24, 2.45) is 16.8 Å². The highest BCUT2D eigenvalue weighted by molar-refractivity contribution is 5.79. The van der Waals surface area contributed by atoms with Crippen molar-refractivity contribution in [3.8, 4) is 0 Å². The van der Waals surface area contributed by atoms with Crippen LogP contribution in [0.25, 0.3) is 0 Å². The minimum absolute atomic E-state index is 0.184. The van der Waals surface area contributed by atoms with E-state index in [9.17, 15) is 0 Å². The van der Waals surface area contributed by atoms with E-state index in [0.29, 0.717) is 18.5 Å². The second-order valence-electron chi connectivity index (χ2n) is 4.11. The zero-order valence-electron chi connectivity index (χ0n) is 10.4. The molecular weight excluding hydrogens is 192 g/mol. The van der Waals surface area contributed by atoms with Crippen molar-refractivity contribution in [2.75, 3.05) is 13.7 Å². The summed E-state index contributed by atoms with van der Waals surface area (Å²) in [6.07, 6.45) is 0. The van der Waals surface area contributed by atoms with E-state index >= 15 is 0 Å². The SMILES string of the molecule is COCC(C)NC(=NC(C)C(C)C)NN. The van der Waals surface area contributed by atoms with Gasteiger partial charge < -0.3 is 10.1 Å². The highest BCUT2D eigenvalue weighted by Gasteiger charge is 2.08. The molecule has 15 heavy (non-hydrogen) atoms. The quantitative estimate of drug-likeness (QED) is 0.270. The minimum Gasteiger partial charge on any atom is -0.383 e. The van der Waals surface area contributed by atoms with Crippen LogP contribution in [-0.4, -0.2) is 31.8 Å². The highest BCUT2D eigenvalue weighted by Crippen LogP contribution is 2.04. The zero-order valence-corrected chi connectivity index (χ0v) is 10.4. The van der Waals surface area contributed by atoms with Crippen molar-refractivity contribution < 1.29 is 4.74 Å². The molecule has 0 aliphatic heterocycles. The molecule has 5 nitrogen and oxygen atoms in total. The van der Waals surface area contributed by atoms with Gasteiger partial charge in [-0.1, -0.05) is 13.8 Å². The Balaban J connectivity index is 4.22. The smallest absolute Gasteiger partial charge is 0.206 e. The number of aliphatic imine (C=N–C) groups is 1. The maximum absolute atomic E-state index is 5.38. The van der Waals surface area contributed by atoms with Crippen LogP contribution in [0.15, 0.2) is 4.99 Å². The van der Waals surface area contributed by atoms with Crippen LogP contribution in [0.2, 0.25) is 0 Å². The summed E-state index contributed by atoms with van der Waals surface area (Å²) in [5.41, 5.74) is 2.56. The van der Waals surface area contributed by atoms with Gasteiger partial charge in [0.15, 0.2) is 0 Å². The number of nitrogens with two attached hydrogens (primary N) is 1. The summed E-state index contributed by atoms with van der Waals surface area (Å²) in [5.74, 6) is 6.49. The van der Waals surface area contributed by atoms with Crippen molar-refractivity contribution >= 4 is 5.96 Å². The number of nitrogens with zero attached hydrogens (tertiary/aromatic N) is 1. The monoisotopic (exact) mass is 216 g/mol. The molecule has 0 amide bonds. The molecule has 0 radical (unpaired) electrons. The Bertz CT molecular complexity index is 194. The average molecular weight is 216 g/mol. The fourth-order valence-electron chi connectivity index (χ4n) is 0.994. The van der Waals surface area contributed by atoms with Gasteiger partial charge in [-0.2, -0.15) is 0 Å². The lowest BCUT2D eigenvalue weighted by Crippen LogP contribution is -2.47. The van der Waals surface area contributed by atoms with Crippen LogP contribution in [0.1, 0.15) is 27.7 Å². The van der Waals surface area contributed by atoms with Gasteiger partial charge >= 0.3 is 0 Å². The first-order chi connectivity index (χ1) is 7.01. The van der Waals surface area contributed by atoms with Crippen LogP contribution in [0.3, 0.4) is 0 Å². The molecule has 0 bridgehead atoms. The predicted molar refractivity (Wildman–Crippen MR) is 63.5 cm³/mol. The molecule has 0 saturated heterocycles. The first kappa shape index (κ1) is 14.2. The van der Waals surface area contributed by atoms with E-state index in [2.05, 4.69) is 36.5 Å². The second-order valence-corrected chi connectivity index (χ2v) is 4.11. The van der Waals surface area contributed by atoms with Crippen molar-refractivity contribution in [1.82, 2.24) is 10.7 Å². The van der Waals surface area contributed by atoms with Crippen LogP contribution < -0.4 is 16.6 Å². The lowest BCUT2D eigenvalue weighted by atomic mass is 10.1. The molecule has 2 unspecified atom stereocenters. The number of rotatable bonds is 5. The molecule has 0 aromatic rings. The molecule has 0 fully saturated rings. The number of nitrogens with one attached hydrogen (secondary N) is 2. The first-order valence-electron chi connectivity index (χ1n) is 5.31.